The van der Waals surface area contributed by atoms with Crippen LogP contribution in [-0.2, 0) is 6.54 Å². The number of rotatable bonds is 2. The standard InChI is InChI=1S/C5H5N5OS/c11-5-7-8-9-10(5)2-4-1-6-12-3-4/h1,3H,2H2,(H,7,9,11). The zero-order valence-electron chi connectivity index (χ0n) is 5.97. The van der Waals surface area contributed by atoms with Gasteiger partial charge in [-0.25, -0.2) is 14.3 Å². The third kappa shape index (κ3) is 1.26. The van der Waals surface area contributed by atoms with Crippen LogP contribution in [0.25, 0.3) is 0 Å². The second-order valence-corrected chi connectivity index (χ2v) is 2.85. The Morgan fingerprint density at radius 3 is 3.17 bits per heavy atom. The maximum atomic E-state index is 10.9. The second-order valence-electron chi connectivity index (χ2n) is 2.20. The number of tetrazole rings is 1. The van der Waals surface area contributed by atoms with Crippen LogP contribution in [0.1, 0.15) is 5.56 Å². The maximum absolute atomic E-state index is 10.9. The normalized spacial score (nSPS) is 10.3. The molecule has 2 aromatic heterocycles. The van der Waals surface area contributed by atoms with Crippen LogP contribution in [0, 0.1) is 0 Å². The molecule has 6 nitrogen and oxygen atoms in total. The largest absolute Gasteiger partial charge is 0.361 e. The zero-order chi connectivity index (χ0) is 8.39. The van der Waals surface area contributed by atoms with Crippen LogP contribution in [0.4, 0.5) is 0 Å². The Morgan fingerprint density at radius 1 is 1.67 bits per heavy atom. The maximum Gasteiger partial charge on any atom is 0.361 e. The van der Waals surface area contributed by atoms with Crippen molar-refractivity contribution in [3.63, 3.8) is 0 Å². The first-order valence-corrected chi connectivity index (χ1v) is 4.06. The molecule has 2 rings (SSSR count). The lowest BCUT2D eigenvalue weighted by Gasteiger charge is -1.91. The molecule has 62 valence electrons. The van der Waals surface area contributed by atoms with Gasteiger partial charge in [0.15, 0.2) is 0 Å². The number of hydrogen-bond donors (Lipinski definition) is 1. The van der Waals surface area contributed by atoms with Gasteiger partial charge in [-0.1, -0.05) is 0 Å². The summed E-state index contributed by atoms with van der Waals surface area (Å²) in [5.41, 5.74) is 0.650. The van der Waals surface area contributed by atoms with E-state index in [1.807, 2.05) is 5.38 Å². The van der Waals surface area contributed by atoms with E-state index in [0.29, 0.717) is 6.54 Å². The van der Waals surface area contributed by atoms with E-state index in [9.17, 15) is 4.79 Å². The molecule has 0 aromatic carbocycles. The van der Waals surface area contributed by atoms with Crippen LogP contribution in [0.15, 0.2) is 16.4 Å². The summed E-state index contributed by atoms with van der Waals surface area (Å²) < 4.78 is 5.14. The SMILES string of the molecule is O=c1[nH]nnn1Cc1cnsc1. The average molecular weight is 183 g/mol. The fraction of sp³-hybridized carbons (Fsp3) is 0.200. The number of aromatic nitrogens is 5. The number of nitrogens with one attached hydrogen (secondary N) is 1. The Hall–Kier alpha value is -1.50. The van der Waals surface area contributed by atoms with Gasteiger partial charge in [-0.3, -0.25) is 0 Å². The van der Waals surface area contributed by atoms with E-state index in [0.717, 1.165) is 5.56 Å². The highest BCUT2D eigenvalue weighted by Crippen LogP contribution is 2.01. The van der Waals surface area contributed by atoms with Crippen LogP contribution in [0.5, 0.6) is 0 Å². The van der Waals surface area contributed by atoms with Crippen LogP contribution in [0.2, 0.25) is 0 Å². The van der Waals surface area contributed by atoms with Crippen LogP contribution in [-0.4, -0.2) is 24.6 Å². The lowest BCUT2D eigenvalue weighted by Crippen LogP contribution is -2.18. The monoisotopic (exact) mass is 183 g/mol. The molecular weight excluding hydrogens is 178 g/mol. The molecule has 0 saturated carbocycles. The van der Waals surface area contributed by atoms with Crippen molar-refractivity contribution < 1.29 is 0 Å². The minimum atomic E-state index is -0.304. The number of H-pyrrole nitrogens is 1. The fourth-order valence-electron chi connectivity index (χ4n) is 0.799. The fourth-order valence-corrected chi connectivity index (χ4v) is 1.33. The van der Waals surface area contributed by atoms with Crippen LogP contribution < -0.4 is 5.69 Å². The van der Waals surface area contributed by atoms with Gasteiger partial charge >= 0.3 is 5.69 Å². The summed E-state index contributed by atoms with van der Waals surface area (Å²) in [7, 11) is 0. The van der Waals surface area contributed by atoms with Gasteiger partial charge in [-0.2, -0.15) is 4.68 Å². The molecule has 0 fully saturated rings. The highest BCUT2D eigenvalue weighted by atomic mass is 32.1. The van der Waals surface area contributed by atoms with E-state index in [1.165, 1.54) is 16.2 Å². The number of aromatic amines is 1. The third-order valence-electron chi connectivity index (χ3n) is 1.35. The molecule has 1 N–H and O–H groups in total. The number of nitrogens with zero attached hydrogens (tertiary/aromatic N) is 4. The molecule has 2 heterocycles. The summed E-state index contributed by atoms with van der Waals surface area (Å²) >= 11 is 1.34. The Kier molecular flexibility index (Phi) is 1.71. The van der Waals surface area contributed by atoms with Gasteiger partial charge < -0.3 is 0 Å². The molecule has 0 spiro atoms. The smallest absolute Gasteiger partial charge is 0.245 e. The van der Waals surface area contributed by atoms with E-state index < -0.39 is 0 Å². The summed E-state index contributed by atoms with van der Waals surface area (Å²) in [5.74, 6) is 0. The van der Waals surface area contributed by atoms with Crippen molar-refractivity contribution in [3.05, 3.63) is 27.6 Å². The molecule has 0 amide bonds. The van der Waals surface area contributed by atoms with Crippen molar-refractivity contribution in [2.75, 3.05) is 0 Å². The molecule has 0 atom stereocenters. The van der Waals surface area contributed by atoms with E-state index in [4.69, 9.17) is 0 Å². The van der Waals surface area contributed by atoms with Crippen molar-refractivity contribution in [1.82, 2.24) is 24.6 Å². The van der Waals surface area contributed by atoms with Gasteiger partial charge in [0.25, 0.3) is 0 Å². The molecule has 2 aromatic rings. The molecule has 12 heavy (non-hydrogen) atoms. The van der Waals surface area contributed by atoms with Gasteiger partial charge in [0, 0.05) is 17.1 Å². The topological polar surface area (TPSA) is 76.5 Å². The summed E-state index contributed by atoms with van der Waals surface area (Å²) in [6.07, 6.45) is 1.70. The van der Waals surface area contributed by atoms with E-state index in [-0.39, 0.29) is 5.69 Å². The van der Waals surface area contributed by atoms with Crippen LogP contribution in [0.3, 0.4) is 0 Å². The molecule has 0 unspecified atom stereocenters. The highest BCUT2D eigenvalue weighted by Gasteiger charge is 2.00. The minimum Gasteiger partial charge on any atom is -0.245 e. The Balaban J connectivity index is 2.25. The molecule has 0 aliphatic carbocycles. The Bertz CT molecular complexity index is 401. The third-order valence-corrected chi connectivity index (χ3v) is 1.98. The first-order chi connectivity index (χ1) is 5.86. The van der Waals surface area contributed by atoms with Crippen LogP contribution >= 0.6 is 11.5 Å². The molecule has 7 heteroatoms. The Morgan fingerprint density at radius 2 is 2.58 bits per heavy atom. The summed E-state index contributed by atoms with van der Waals surface area (Å²) in [4.78, 5) is 10.9. The summed E-state index contributed by atoms with van der Waals surface area (Å²) in [6, 6.07) is 0. The van der Waals surface area contributed by atoms with Crippen molar-refractivity contribution in [2.24, 2.45) is 0 Å². The first kappa shape index (κ1) is 7.17. The van der Waals surface area contributed by atoms with Gasteiger partial charge in [0.2, 0.25) is 0 Å². The molecule has 0 bridgehead atoms. The van der Waals surface area contributed by atoms with Crippen molar-refractivity contribution in [3.8, 4) is 0 Å². The molecule has 0 aliphatic heterocycles. The Labute approximate surface area is 71.0 Å². The average Bonchev–Trinajstić information content (AvgIpc) is 2.65. The van der Waals surface area contributed by atoms with E-state index >= 15 is 0 Å². The van der Waals surface area contributed by atoms with Crippen molar-refractivity contribution >= 4 is 11.5 Å². The predicted octanol–water partition coefficient (Wildman–Crippen LogP) is -0.529. The lowest BCUT2D eigenvalue weighted by atomic mass is 10.4. The lowest BCUT2D eigenvalue weighted by molar-refractivity contribution is 0.632. The molecule has 0 saturated heterocycles. The van der Waals surface area contributed by atoms with Gasteiger partial charge in [0.1, 0.15) is 0 Å². The van der Waals surface area contributed by atoms with Gasteiger partial charge in [0.05, 0.1) is 6.54 Å². The van der Waals surface area contributed by atoms with Gasteiger partial charge in [-0.05, 0) is 22.0 Å². The number of hydrogen-bond acceptors (Lipinski definition) is 5. The quantitative estimate of drug-likeness (QED) is 0.679. The van der Waals surface area contributed by atoms with E-state index in [2.05, 4.69) is 19.9 Å². The van der Waals surface area contributed by atoms with Gasteiger partial charge in [-0.15, -0.1) is 0 Å². The van der Waals surface area contributed by atoms with Crippen molar-refractivity contribution in [2.45, 2.75) is 6.54 Å². The predicted molar refractivity (Wildman–Crippen MR) is 41.9 cm³/mol. The molecule has 0 aliphatic rings. The summed E-state index contributed by atoms with van der Waals surface area (Å²) in [6.45, 7) is 0.422. The summed E-state index contributed by atoms with van der Waals surface area (Å²) in [5, 5.41) is 11.0. The first-order valence-electron chi connectivity index (χ1n) is 3.22. The second kappa shape index (κ2) is 2.86. The van der Waals surface area contributed by atoms with Crippen molar-refractivity contribution in [1.29, 1.82) is 0 Å². The molecular formula is C5H5N5OS. The zero-order valence-corrected chi connectivity index (χ0v) is 6.78. The van der Waals surface area contributed by atoms with E-state index in [1.54, 1.807) is 6.20 Å². The highest BCUT2D eigenvalue weighted by molar-refractivity contribution is 7.03. The minimum absolute atomic E-state index is 0.304. The molecule has 0 radical (unpaired) electrons.